The summed E-state index contributed by atoms with van der Waals surface area (Å²) in [5, 5.41) is 20.2. The summed E-state index contributed by atoms with van der Waals surface area (Å²) < 4.78 is 37.2. The zero-order valence-corrected chi connectivity index (χ0v) is 25.7. The maximum absolute atomic E-state index is 12.4. The molecule has 1 aliphatic heterocycles. The predicted molar refractivity (Wildman–Crippen MR) is 165 cm³/mol. The van der Waals surface area contributed by atoms with Gasteiger partial charge in [-0.25, -0.2) is 9.97 Å². The second-order valence-electron chi connectivity index (χ2n) is 11.3. The molecule has 3 heterocycles. The second kappa shape index (κ2) is 14.0. The van der Waals surface area contributed by atoms with Crippen molar-refractivity contribution in [3.63, 3.8) is 0 Å². The molecule has 0 bridgehead atoms. The molecule has 8 nitrogen and oxygen atoms in total. The molecular formula is C33H39F3N6O2. The molecule has 1 aliphatic rings. The summed E-state index contributed by atoms with van der Waals surface area (Å²) in [5.41, 5.74) is 4.42. The molecule has 0 amide bonds. The third-order valence-electron chi connectivity index (χ3n) is 7.60. The van der Waals surface area contributed by atoms with Crippen LogP contribution in [0.1, 0.15) is 64.4 Å². The Labute approximate surface area is 255 Å². The van der Waals surface area contributed by atoms with Crippen LogP contribution in [0.15, 0.2) is 54.6 Å². The highest BCUT2D eigenvalue weighted by Crippen LogP contribution is 2.30. The van der Waals surface area contributed by atoms with Crippen molar-refractivity contribution in [2.24, 2.45) is 5.92 Å². The molecule has 3 N–H and O–H groups in total. The number of anilines is 3. The number of nitrogens with one attached hydrogen (secondary N) is 2. The zero-order valence-electron chi connectivity index (χ0n) is 25.7. The van der Waals surface area contributed by atoms with Crippen molar-refractivity contribution in [3.05, 3.63) is 93.9 Å². The van der Waals surface area contributed by atoms with E-state index in [0.717, 1.165) is 42.3 Å². The number of hydrogen-bond acceptors (Lipinski definition) is 7. The lowest BCUT2D eigenvalue weighted by molar-refractivity contribution is -0.137. The van der Waals surface area contributed by atoms with Crippen molar-refractivity contribution in [1.29, 1.82) is 0 Å². The first-order valence-electron chi connectivity index (χ1n) is 14.7. The molecule has 1 atom stereocenters. The zero-order chi connectivity index (χ0) is 32.0. The molecular weight excluding hydrogens is 569 g/mol. The second-order valence-corrected chi connectivity index (χ2v) is 11.3. The van der Waals surface area contributed by atoms with Crippen LogP contribution in [0, 0.1) is 26.7 Å². The number of rotatable bonds is 9. The number of alkyl halides is 3. The molecule has 44 heavy (non-hydrogen) atoms. The summed E-state index contributed by atoms with van der Waals surface area (Å²) in [5.74, 6) is 2.47. The van der Waals surface area contributed by atoms with Gasteiger partial charge < -0.3 is 15.3 Å². The van der Waals surface area contributed by atoms with Gasteiger partial charge in [0, 0.05) is 42.4 Å². The molecule has 1 saturated heterocycles. The number of aryl methyl sites for hydroxylation is 5. The van der Waals surface area contributed by atoms with Crippen LogP contribution in [-0.2, 0) is 19.0 Å². The van der Waals surface area contributed by atoms with Crippen molar-refractivity contribution in [2.45, 2.75) is 66.2 Å². The number of H-pyrrole nitrogens is 1. The molecule has 1 unspecified atom stereocenters. The van der Waals surface area contributed by atoms with E-state index in [-0.39, 0.29) is 23.4 Å². The number of nitrogens with zero attached hydrogens (tertiary/aromatic N) is 4. The van der Waals surface area contributed by atoms with E-state index in [1.54, 1.807) is 6.92 Å². The third kappa shape index (κ3) is 8.66. The van der Waals surface area contributed by atoms with E-state index in [1.807, 2.05) is 30.9 Å². The Balaban J connectivity index is 0.000000236. The molecule has 0 spiro atoms. The number of ketones is 1. The maximum atomic E-state index is 12.4. The highest BCUT2D eigenvalue weighted by atomic mass is 19.4. The van der Waals surface area contributed by atoms with Crippen LogP contribution in [0.3, 0.4) is 0 Å². The summed E-state index contributed by atoms with van der Waals surface area (Å²) in [6, 6.07) is 15.1. The largest absolute Gasteiger partial charge is 0.416 e. The lowest BCUT2D eigenvalue weighted by Gasteiger charge is -2.36. The Kier molecular flexibility index (Phi) is 10.4. The van der Waals surface area contributed by atoms with Gasteiger partial charge >= 0.3 is 6.18 Å². The van der Waals surface area contributed by atoms with Gasteiger partial charge in [0.2, 0.25) is 0 Å². The summed E-state index contributed by atoms with van der Waals surface area (Å²) in [6.07, 6.45) is -2.17. The van der Waals surface area contributed by atoms with Crippen molar-refractivity contribution in [1.82, 2.24) is 20.2 Å². The summed E-state index contributed by atoms with van der Waals surface area (Å²) in [6.45, 7) is 10.9. The van der Waals surface area contributed by atoms with E-state index >= 15 is 0 Å². The number of carbonyl (C=O) groups excluding carboxylic acids is 1. The van der Waals surface area contributed by atoms with Crippen molar-refractivity contribution >= 4 is 23.2 Å². The topological polar surface area (TPSA) is 107 Å². The minimum Gasteiger partial charge on any atom is -0.389 e. The molecule has 0 saturated carbocycles. The number of aromatic nitrogens is 4. The van der Waals surface area contributed by atoms with Crippen LogP contribution in [-0.4, -0.2) is 50.2 Å². The van der Waals surface area contributed by atoms with Crippen LogP contribution in [0.5, 0.6) is 0 Å². The summed E-state index contributed by atoms with van der Waals surface area (Å²) in [7, 11) is 0. The molecule has 4 aromatic rings. The number of Topliss-reactive ketones (excluding diaryl/α,β-unsaturated/α-hetero) is 1. The quantitative estimate of drug-likeness (QED) is 0.180. The third-order valence-corrected chi connectivity index (χ3v) is 7.60. The van der Waals surface area contributed by atoms with Gasteiger partial charge in [0.25, 0.3) is 0 Å². The van der Waals surface area contributed by atoms with Gasteiger partial charge in [-0.2, -0.15) is 18.3 Å². The Bertz CT molecular complexity index is 1580. The van der Waals surface area contributed by atoms with Crippen LogP contribution in [0.2, 0.25) is 0 Å². The van der Waals surface area contributed by atoms with E-state index in [0.29, 0.717) is 31.2 Å². The molecule has 0 aliphatic carbocycles. The smallest absolute Gasteiger partial charge is 0.389 e. The predicted octanol–water partition coefficient (Wildman–Crippen LogP) is 6.77. The maximum Gasteiger partial charge on any atom is 0.416 e. The Morgan fingerprint density at radius 3 is 2.48 bits per heavy atom. The number of benzene rings is 2. The van der Waals surface area contributed by atoms with Crippen molar-refractivity contribution in [2.75, 3.05) is 23.3 Å². The molecule has 234 valence electrons. The highest BCUT2D eigenvalue weighted by Gasteiger charge is 2.31. The Hall–Kier alpha value is -4.25. The molecule has 11 heteroatoms. The number of aromatic amines is 1. The van der Waals surface area contributed by atoms with Crippen LogP contribution in [0.25, 0.3) is 0 Å². The van der Waals surface area contributed by atoms with E-state index in [1.165, 1.54) is 28.8 Å². The van der Waals surface area contributed by atoms with Crippen LogP contribution in [0.4, 0.5) is 30.6 Å². The van der Waals surface area contributed by atoms with Gasteiger partial charge in [-0.15, -0.1) is 0 Å². The lowest BCUT2D eigenvalue weighted by Crippen LogP contribution is -2.51. The molecule has 5 rings (SSSR count). The fourth-order valence-corrected chi connectivity index (χ4v) is 4.76. The van der Waals surface area contributed by atoms with Crippen molar-refractivity contribution < 1.29 is 23.1 Å². The first-order chi connectivity index (χ1) is 20.8. The monoisotopic (exact) mass is 608 g/mol. The van der Waals surface area contributed by atoms with Gasteiger partial charge in [0.15, 0.2) is 11.6 Å². The number of aliphatic hydroxyl groups is 1. The van der Waals surface area contributed by atoms with Crippen LogP contribution < -0.4 is 10.2 Å². The minimum atomic E-state index is -4.40. The van der Waals surface area contributed by atoms with E-state index in [2.05, 4.69) is 57.5 Å². The SMILES string of the molecule is CCC(C)C(=O)c1cccc(C(F)(F)F)c1.Cc1ccc(C)c(CCc2cc(Nc3cc(N4CC(O)C4)nc(C)n3)n[nH]2)c1. The average Bonchev–Trinajstić information content (AvgIpc) is 3.41. The lowest BCUT2D eigenvalue weighted by atomic mass is 9.96. The molecule has 2 aromatic heterocycles. The Morgan fingerprint density at radius 1 is 1.05 bits per heavy atom. The number of halogens is 3. The fourth-order valence-electron chi connectivity index (χ4n) is 4.76. The fraction of sp³-hybridized carbons (Fsp3) is 0.394. The van der Waals surface area contributed by atoms with Gasteiger partial charge in [0.05, 0.1) is 11.7 Å². The van der Waals surface area contributed by atoms with Crippen molar-refractivity contribution in [3.8, 4) is 0 Å². The van der Waals surface area contributed by atoms with Gasteiger partial charge in [0.1, 0.15) is 17.5 Å². The number of carbonyl (C=O) groups is 1. The number of β-amino-alcohol motifs (C(OH)–C–C–N with tert-alkyl or cyclic N) is 1. The molecule has 1 fully saturated rings. The highest BCUT2D eigenvalue weighted by molar-refractivity contribution is 5.97. The number of aliphatic hydroxyl groups excluding tert-OH is 1. The van der Waals surface area contributed by atoms with Crippen LogP contribution >= 0.6 is 0 Å². The van der Waals surface area contributed by atoms with E-state index < -0.39 is 11.7 Å². The molecule has 0 radical (unpaired) electrons. The summed E-state index contributed by atoms with van der Waals surface area (Å²) >= 11 is 0. The molecule has 2 aromatic carbocycles. The van der Waals surface area contributed by atoms with E-state index in [4.69, 9.17) is 0 Å². The average molecular weight is 609 g/mol. The first-order valence-corrected chi connectivity index (χ1v) is 14.7. The summed E-state index contributed by atoms with van der Waals surface area (Å²) in [4.78, 5) is 22.6. The Morgan fingerprint density at radius 2 is 1.80 bits per heavy atom. The standard InChI is InChI=1S/C21H26N6O.C12H13F3O/c1-13-4-5-14(2)16(8-13)6-7-17-9-20(26-25-17)24-19-10-21(23-15(3)22-19)27-11-18(28)12-27;1-3-8(2)11(16)9-5-4-6-10(7-9)12(13,14)15/h4-5,8-10,18,28H,6-7,11-12H2,1-3H3,(H2,22,23,24,25,26);4-8H,3H2,1-2H3. The van der Waals surface area contributed by atoms with Gasteiger partial charge in [-0.3, -0.25) is 9.89 Å². The number of hydrogen-bond donors (Lipinski definition) is 3. The van der Waals surface area contributed by atoms with E-state index in [9.17, 15) is 23.1 Å². The minimum absolute atomic E-state index is 0.129. The normalized spacial score (nSPS) is 14.0. The van der Waals surface area contributed by atoms with Gasteiger partial charge in [-0.05, 0) is 63.3 Å². The van der Waals surface area contributed by atoms with Gasteiger partial charge in [-0.1, -0.05) is 49.7 Å². The first kappa shape index (κ1) is 32.7.